The van der Waals surface area contributed by atoms with E-state index in [9.17, 15) is 4.57 Å². The summed E-state index contributed by atoms with van der Waals surface area (Å²) in [5.41, 5.74) is 6.59. The van der Waals surface area contributed by atoms with E-state index in [1.165, 1.54) is 0 Å². The quantitative estimate of drug-likeness (QED) is 0.804. The molecule has 0 spiro atoms. The lowest BCUT2D eigenvalue weighted by molar-refractivity contribution is 0.484. The van der Waals surface area contributed by atoms with E-state index in [1.54, 1.807) is 12.3 Å². The topological polar surface area (TPSA) is 65.2 Å². The summed E-state index contributed by atoms with van der Waals surface area (Å²) in [5, 5.41) is 0. The molecule has 1 aromatic heterocycles. The average Bonchev–Trinajstić information content (AvgIpc) is 2.23. The zero-order chi connectivity index (χ0) is 11.5. The van der Waals surface area contributed by atoms with E-state index in [-0.39, 0.29) is 0 Å². The third kappa shape index (κ3) is 2.96. The molecule has 0 saturated heterocycles. The van der Waals surface area contributed by atoms with Crippen molar-refractivity contribution < 1.29 is 9.09 Å². The van der Waals surface area contributed by atoms with Crippen LogP contribution in [-0.2, 0) is 4.57 Å². The molecule has 0 radical (unpaired) electrons. The summed E-state index contributed by atoms with van der Waals surface area (Å²) in [5.74, 6) is 0.727. The Balaban J connectivity index is 2.98. The summed E-state index contributed by atoms with van der Waals surface area (Å²) in [4.78, 5) is 3.96. The molecule has 0 aromatic carbocycles. The van der Waals surface area contributed by atoms with Gasteiger partial charge in [0.15, 0.2) is 11.6 Å². The van der Waals surface area contributed by atoms with Gasteiger partial charge < -0.3 is 10.3 Å². The Labute approximate surface area is 90.3 Å². The Morgan fingerprint density at radius 1 is 1.47 bits per heavy atom. The number of hydrogen-bond acceptors (Lipinski definition) is 4. The lowest BCUT2D eigenvalue weighted by Gasteiger charge is -2.17. The van der Waals surface area contributed by atoms with Crippen molar-refractivity contribution in [2.24, 2.45) is 0 Å². The van der Waals surface area contributed by atoms with Crippen molar-refractivity contribution in [3.8, 4) is 5.75 Å². The van der Waals surface area contributed by atoms with Crippen LogP contribution in [0.3, 0.4) is 0 Å². The van der Waals surface area contributed by atoms with Gasteiger partial charge in [-0.2, -0.15) is 0 Å². The molecule has 0 bridgehead atoms. The maximum absolute atomic E-state index is 12.1. The summed E-state index contributed by atoms with van der Waals surface area (Å²) in [6.45, 7) is 5.59. The SMILES string of the molecule is CCP(=O)(CC)Oc1cc(C)cnc1N. The molecule has 0 unspecified atom stereocenters. The first-order chi connectivity index (χ1) is 7.00. The normalized spacial score (nSPS) is 11.4. The van der Waals surface area contributed by atoms with Crippen molar-refractivity contribution in [1.82, 2.24) is 4.98 Å². The Morgan fingerprint density at radius 3 is 2.60 bits per heavy atom. The van der Waals surface area contributed by atoms with Crippen LogP contribution in [0.4, 0.5) is 5.82 Å². The largest absolute Gasteiger partial charge is 0.439 e. The molecule has 0 aliphatic heterocycles. The number of pyridine rings is 1. The molecule has 15 heavy (non-hydrogen) atoms. The second-order valence-electron chi connectivity index (χ2n) is 3.43. The second-order valence-corrected chi connectivity index (χ2v) is 6.51. The van der Waals surface area contributed by atoms with Crippen LogP contribution < -0.4 is 10.3 Å². The molecule has 1 aromatic rings. The van der Waals surface area contributed by atoms with E-state index in [4.69, 9.17) is 10.3 Å². The van der Waals surface area contributed by atoms with Crippen LogP contribution >= 0.6 is 7.37 Å². The van der Waals surface area contributed by atoms with E-state index >= 15 is 0 Å². The van der Waals surface area contributed by atoms with Gasteiger partial charge in [-0.15, -0.1) is 0 Å². The molecule has 0 saturated carbocycles. The number of nitrogen functional groups attached to an aromatic ring is 1. The van der Waals surface area contributed by atoms with Gasteiger partial charge in [-0.05, 0) is 18.6 Å². The van der Waals surface area contributed by atoms with Gasteiger partial charge in [0.25, 0.3) is 0 Å². The van der Waals surface area contributed by atoms with Gasteiger partial charge in [0.1, 0.15) is 0 Å². The molecule has 0 aliphatic carbocycles. The number of nitrogens with zero attached hydrogens (tertiary/aromatic N) is 1. The first kappa shape index (κ1) is 12.1. The molecule has 1 rings (SSSR count). The van der Waals surface area contributed by atoms with Gasteiger partial charge in [0.2, 0.25) is 7.37 Å². The third-order valence-electron chi connectivity index (χ3n) is 2.25. The number of hydrogen-bond donors (Lipinski definition) is 1. The van der Waals surface area contributed by atoms with Crippen LogP contribution in [0.1, 0.15) is 19.4 Å². The van der Waals surface area contributed by atoms with Crippen LogP contribution in [0.15, 0.2) is 12.3 Å². The zero-order valence-corrected chi connectivity index (χ0v) is 10.3. The molecular weight excluding hydrogens is 211 g/mol. The number of aromatic nitrogens is 1. The van der Waals surface area contributed by atoms with Crippen LogP contribution in [0, 0.1) is 6.92 Å². The predicted octanol–water partition coefficient (Wildman–Crippen LogP) is 2.67. The van der Waals surface area contributed by atoms with E-state index in [1.807, 2.05) is 20.8 Å². The Morgan fingerprint density at radius 2 is 2.07 bits per heavy atom. The van der Waals surface area contributed by atoms with Gasteiger partial charge in [-0.1, -0.05) is 13.8 Å². The van der Waals surface area contributed by atoms with Crippen molar-refractivity contribution in [1.29, 1.82) is 0 Å². The summed E-state index contributed by atoms with van der Waals surface area (Å²) >= 11 is 0. The fourth-order valence-corrected chi connectivity index (χ4v) is 2.37. The van der Waals surface area contributed by atoms with Crippen LogP contribution in [0.25, 0.3) is 0 Å². The minimum absolute atomic E-state index is 0.294. The molecule has 0 atom stereocenters. The van der Waals surface area contributed by atoms with Crippen molar-refractivity contribution in [2.45, 2.75) is 20.8 Å². The van der Waals surface area contributed by atoms with Gasteiger partial charge in [0.05, 0.1) is 0 Å². The maximum Gasteiger partial charge on any atom is 0.247 e. The highest BCUT2D eigenvalue weighted by Gasteiger charge is 2.20. The molecule has 0 amide bonds. The lowest BCUT2D eigenvalue weighted by Crippen LogP contribution is -2.02. The minimum Gasteiger partial charge on any atom is -0.439 e. The number of aryl methyl sites for hydroxylation is 1. The number of nitrogens with two attached hydrogens (primary N) is 1. The number of anilines is 1. The smallest absolute Gasteiger partial charge is 0.247 e. The summed E-state index contributed by atoms with van der Waals surface area (Å²) in [6.07, 6.45) is 2.68. The fraction of sp³-hybridized carbons (Fsp3) is 0.500. The van der Waals surface area contributed by atoms with Gasteiger partial charge in [-0.25, -0.2) is 4.98 Å². The molecule has 84 valence electrons. The predicted molar refractivity (Wildman–Crippen MR) is 62.7 cm³/mol. The lowest BCUT2D eigenvalue weighted by atomic mass is 10.3. The Bertz CT molecular complexity index is 385. The number of rotatable bonds is 4. The fourth-order valence-electron chi connectivity index (χ4n) is 1.16. The molecule has 0 aliphatic rings. The van der Waals surface area contributed by atoms with E-state index < -0.39 is 7.37 Å². The van der Waals surface area contributed by atoms with Crippen LogP contribution in [0.2, 0.25) is 0 Å². The van der Waals surface area contributed by atoms with E-state index in [0.29, 0.717) is 23.9 Å². The first-order valence-electron chi connectivity index (χ1n) is 5.00. The van der Waals surface area contributed by atoms with Crippen molar-refractivity contribution >= 4 is 13.2 Å². The Hall–Kier alpha value is -1.02. The summed E-state index contributed by atoms with van der Waals surface area (Å²) in [6, 6.07) is 1.76. The molecule has 0 fully saturated rings. The van der Waals surface area contributed by atoms with Crippen molar-refractivity contribution in [3.05, 3.63) is 17.8 Å². The standard InChI is InChI=1S/C10H17N2O2P/c1-4-15(13,5-2)14-9-6-8(3)7-12-10(9)11/h6-7H,4-5H2,1-3H3,(H2,11,12). The van der Waals surface area contributed by atoms with Crippen molar-refractivity contribution in [3.63, 3.8) is 0 Å². The maximum atomic E-state index is 12.1. The van der Waals surface area contributed by atoms with Crippen LogP contribution in [0.5, 0.6) is 5.75 Å². The molecule has 5 heteroatoms. The van der Waals surface area contributed by atoms with Gasteiger partial charge >= 0.3 is 0 Å². The summed E-state index contributed by atoms with van der Waals surface area (Å²) < 4.78 is 17.6. The Kier molecular flexibility index (Phi) is 3.75. The molecule has 4 nitrogen and oxygen atoms in total. The average molecular weight is 228 g/mol. The molecule has 1 heterocycles. The molecular formula is C10H17N2O2P. The van der Waals surface area contributed by atoms with E-state index in [2.05, 4.69) is 4.98 Å². The van der Waals surface area contributed by atoms with E-state index in [0.717, 1.165) is 5.56 Å². The molecule has 2 N–H and O–H groups in total. The minimum atomic E-state index is -2.57. The highest BCUT2D eigenvalue weighted by molar-refractivity contribution is 7.59. The van der Waals surface area contributed by atoms with Gasteiger partial charge in [-0.3, -0.25) is 4.57 Å². The van der Waals surface area contributed by atoms with Crippen molar-refractivity contribution in [2.75, 3.05) is 18.1 Å². The third-order valence-corrected chi connectivity index (χ3v) is 4.70. The van der Waals surface area contributed by atoms with Crippen LogP contribution in [-0.4, -0.2) is 17.3 Å². The zero-order valence-electron chi connectivity index (χ0n) is 9.36. The monoisotopic (exact) mass is 228 g/mol. The highest BCUT2D eigenvalue weighted by Crippen LogP contribution is 2.47. The van der Waals surface area contributed by atoms with Gasteiger partial charge in [0, 0.05) is 18.5 Å². The first-order valence-corrected chi connectivity index (χ1v) is 7.00. The highest BCUT2D eigenvalue weighted by atomic mass is 31.2. The second kappa shape index (κ2) is 4.67. The summed E-state index contributed by atoms with van der Waals surface area (Å²) in [7, 11) is -2.57.